The molecule has 0 bridgehead atoms. The summed E-state index contributed by atoms with van der Waals surface area (Å²) in [5.74, 6) is -0.538. The number of rotatable bonds is 8. The van der Waals surface area contributed by atoms with Gasteiger partial charge in [0.2, 0.25) is 10.0 Å². The molecule has 13 heteroatoms. The molecule has 1 amide bonds. The summed E-state index contributed by atoms with van der Waals surface area (Å²) in [6, 6.07) is 4.49. The van der Waals surface area contributed by atoms with Gasteiger partial charge in [-0.05, 0) is 36.5 Å². The lowest BCUT2D eigenvalue weighted by atomic mass is 9.92. The monoisotopic (exact) mass is 554 g/mol. The predicted molar refractivity (Wildman–Crippen MR) is 147 cm³/mol. The maximum Gasteiger partial charge on any atom is 0.376 e. The largest absolute Gasteiger partial charge is 0.505 e. The quantitative estimate of drug-likeness (QED) is 0.320. The number of nitrogens with zero attached hydrogens (tertiary/aromatic N) is 3. The lowest BCUT2D eigenvalue weighted by Crippen LogP contribution is -2.59. The summed E-state index contributed by atoms with van der Waals surface area (Å²) in [4.78, 5) is 13.6. The van der Waals surface area contributed by atoms with Gasteiger partial charge in [0, 0.05) is 18.5 Å². The number of allylic oxidation sites excluding steroid dienone is 1. The number of quaternary nitrogens is 1. The summed E-state index contributed by atoms with van der Waals surface area (Å²) >= 11 is 0. The molecule has 2 unspecified atom stereocenters. The first kappa shape index (κ1) is 29.0. The van der Waals surface area contributed by atoms with Gasteiger partial charge in [-0.25, -0.2) is 13.2 Å². The van der Waals surface area contributed by atoms with Crippen molar-refractivity contribution in [3.05, 3.63) is 30.0 Å². The van der Waals surface area contributed by atoms with E-state index in [0.717, 1.165) is 12.3 Å². The van der Waals surface area contributed by atoms with Gasteiger partial charge in [-0.15, -0.1) is 4.76 Å². The molecule has 2 aliphatic heterocycles. The molecular formula is C24H37N5O6PS+. The summed E-state index contributed by atoms with van der Waals surface area (Å²) in [5.41, 5.74) is 0.766. The lowest BCUT2D eigenvalue weighted by molar-refractivity contribution is -0.770. The zero-order chi connectivity index (χ0) is 27.8. The Kier molecular flexibility index (Phi) is 8.10. The fourth-order valence-electron chi connectivity index (χ4n) is 3.97. The highest BCUT2D eigenvalue weighted by molar-refractivity contribution is 7.92. The zero-order valence-electron chi connectivity index (χ0n) is 22.4. The standard InChI is InChI=1S/C24H36N5O6PS/c1-8-35-36(32)21-14-17(28-37(7,33)34)9-10-18(21)25-23(27-36)29(12-11-24(4,5)6)22(31)15-20(30)19(26-29)13-16(2)3/h9-10,14-16H,8,11-13H2,1-7H3,(H2-,25,26,27,28,30,31,32)/p+1. The second-order valence-electron chi connectivity index (χ2n) is 10.9. The van der Waals surface area contributed by atoms with Crippen LogP contribution >= 0.6 is 7.52 Å². The number of sulfonamides is 1. The van der Waals surface area contributed by atoms with E-state index in [0.29, 0.717) is 24.2 Å². The number of benzene rings is 1. The van der Waals surface area contributed by atoms with Gasteiger partial charge in [0.15, 0.2) is 5.76 Å². The summed E-state index contributed by atoms with van der Waals surface area (Å²) in [6.45, 7) is 12.0. The number of guanidine groups is 1. The first-order valence-electron chi connectivity index (χ1n) is 12.2. The van der Waals surface area contributed by atoms with Crippen LogP contribution in [-0.2, 0) is 23.9 Å². The van der Waals surface area contributed by atoms with Crippen molar-refractivity contribution < 1.29 is 32.0 Å². The molecule has 3 N–H and O–H groups in total. The molecule has 0 saturated heterocycles. The van der Waals surface area contributed by atoms with E-state index < -0.39 is 28.0 Å². The van der Waals surface area contributed by atoms with Crippen molar-refractivity contribution in [2.45, 2.75) is 54.4 Å². The van der Waals surface area contributed by atoms with E-state index in [9.17, 15) is 22.9 Å². The number of amides is 1. The number of carbonyl (C=O) groups is 1. The van der Waals surface area contributed by atoms with Gasteiger partial charge >= 0.3 is 19.4 Å². The van der Waals surface area contributed by atoms with E-state index in [1.807, 2.05) is 34.6 Å². The number of nitrogens with one attached hydrogen (secondary N) is 2. The lowest BCUT2D eigenvalue weighted by Gasteiger charge is -2.36. The smallest absolute Gasteiger partial charge is 0.376 e. The maximum atomic E-state index is 14.1. The van der Waals surface area contributed by atoms with E-state index in [-0.39, 0.29) is 47.2 Å². The third kappa shape index (κ3) is 6.67. The molecule has 0 saturated carbocycles. The van der Waals surface area contributed by atoms with Crippen LogP contribution in [0, 0.1) is 11.3 Å². The van der Waals surface area contributed by atoms with Crippen LogP contribution in [0.5, 0.6) is 0 Å². The van der Waals surface area contributed by atoms with Crippen molar-refractivity contribution in [3.8, 4) is 0 Å². The van der Waals surface area contributed by atoms with Gasteiger partial charge in [-0.3, -0.25) is 14.6 Å². The van der Waals surface area contributed by atoms with Crippen LogP contribution in [0.2, 0.25) is 0 Å². The SMILES string of the molecule is CCOP1(=O)N=C([N+]2(CCC(C)(C)C)N=C(CC(C)C)C(O)=CC2=O)Nc2ccc(NS(C)(=O)=O)cc21. The van der Waals surface area contributed by atoms with Gasteiger partial charge in [0.05, 0.1) is 29.9 Å². The predicted octanol–water partition coefficient (Wildman–Crippen LogP) is 4.33. The Morgan fingerprint density at radius 3 is 2.51 bits per heavy atom. The van der Waals surface area contributed by atoms with E-state index >= 15 is 0 Å². The number of anilines is 2. The maximum absolute atomic E-state index is 14.1. The number of hydrogen-bond donors (Lipinski definition) is 3. The van der Waals surface area contributed by atoms with Gasteiger partial charge < -0.3 is 9.63 Å². The minimum atomic E-state index is -3.94. The average molecular weight is 555 g/mol. The number of aliphatic hydroxyl groups excluding tert-OH is 1. The van der Waals surface area contributed by atoms with Gasteiger partial charge in [-0.2, -0.15) is 0 Å². The highest BCUT2D eigenvalue weighted by Gasteiger charge is 2.51. The topological polar surface area (TPSA) is 147 Å². The normalized spacial score (nSPS) is 24.1. The minimum Gasteiger partial charge on any atom is -0.505 e. The van der Waals surface area contributed by atoms with Crippen LogP contribution < -0.4 is 15.3 Å². The van der Waals surface area contributed by atoms with E-state index in [1.165, 1.54) is 12.1 Å². The average Bonchev–Trinajstić information content (AvgIpc) is 2.73. The van der Waals surface area contributed by atoms with Crippen molar-refractivity contribution in [3.63, 3.8) is 0 Å². The minimum absolute atomic E-state index is 0.0207. The Balaban J connectivity index is 2.21. The van der Waals surface area contributed by atoms with Crippen LogP contribution in [0.1, 0.15) is 54.4 Å². The van der Waals surface area contributed by atoms with Crippen molar-refractivity contribution >= 4 is 51.8 Å². The van der Waals surface area contributed by atoms with Crippen molar-refractivity contribution in [2.75, 3.05) is 29.4 Å². The van der Waals surface area contributed by atoms with Gasteiger partial charge in [-0.1, -0.05) is 44.3 Å². The molecule has 2 aliphatic rings. The molecule has 0 spiro atoms. The molecule has 2 heterocycles. The third-order valence-electron chi connectivity index (χ3n) is 5.73. The number of fused-ring (bicyclic) bond motifs is 1. The molecular weight excluding hydrogens is 517 g/mol. The highest BCUT2D eigenvalue weighted by Crippen LogP contribution is 2.53. The Morgan fingerprint density at radius 2 is 1.95 bits per heavy atom. The molecule has 0 radical (unpaired) electrons. The third-order valence-corrected chi connectivity index (χ3v) is 8.38. The zero-order valence-corrected chi connectivity index (χ0v) is 24.1. The van der Waals surface area contributed by atoms with E-state index in [1.54, 1.807) is 13.0 Å². The number of hydrogen-bond acceptors (Lipinski definition) is 8. The molecule has 1 aromatic carbocycles. The summed E-state index contributed by atoms with van der Waals surface area (Å²) in [7, 11) is -7.52. The van der Waals surface area contributed by atoms with Crippen molar-refractivity contribution in [2.24, 2.45) is 21.2 Å². The number of aliphatic hydroxyl groups is 1. The second kappa shape index (κ2) is 10.3. The van der Waals surface area contributed by atoms with Crippen molar-refractivity contribution in [1.82, 2.24) is 0 Å². The highest BCUT2D eigenvalue weighted by atomic mass is 32.2. The molecule has 11 nitrogen and oxygen atoms in total. The first-order valence-corrected chi connectivity index (χ1v) is 15.6. The first-order chi connectivity index (χ1) is 17.0. The molecule has 3 rings (SSSR count). The Morgan fingerprint density at radius 1 is 1.27 bits per heavy atom. The Bertz CT molecular complexity index is 1330. The Labute approximate surface area is 218 Å². The van der Waals surface area contributed by atoms with Crippen LogP contribution in [0.3, 0.4) is 0 Å². The molecule has 1 aromatic rings. The summed E-state index contributed by atoms with van der Waals surface area (Å²) in [5, 5.41) is 18.5. The molecule has 0 aromatic heterocycles. The second-order valence-corrected chi connectivity index (χ2v) is 14.6. The molecule has 37 heavy (non-hydrogen) atoms. The molecule has 0 aliphatic carbocycles. The van der Waals surface area contributed by atoms with Crippen LogP contribution in [-0.4, -0.2) is 55.1 Å². The Hall–Kier alpha value is -2.53. The summed E-state index contributed by atoms with van der Waals surface area (Å²) in [6.07, 6.45) is 3.16. The van der Waals surface area contributed by atoms with Gasteiger partial charge in [0.1, 0.15) is 12.3 Å². The van der Waals surface area contributed by atoms with Crippen LogP contribution in [0.15, 0.2) is 39.9 Å². The van der Waals surface area contributed by atoms with E-state index in [4.69, 9.17) is 9.63 Å². The summed E-state index contributed by atoms with van der Waals surface area (Å²) < 4.78 is 49.5. The molecule has 2 atom stereocenters. The van der Waals surface area contributed by atoms with Gasteiger partial charge in [0.25, 0.3) is 0 Å². The fraction of sp³-hybridized carbons (Fsp3) is 0.542. The molecule has 204 valence electrons. The number of carbonyl (C=O) groups excluding carboxylic acids is 1. The fourth-order valence-corrected chi connectivity index (χ4v) is 6.37. The van der Waals surface area contributed by atoms with E-state index in [2.05, 4.69) is 14.8 Å². The van der Waals surface area contributed by atoms with Crippen LogP contribution in [0.25, 0.3) is 0 Å². The van der Waals surface area contributed by atoms with Crippen LogP contribution in [0.4, 0.5) is 11.4 Å². The van der Waals surface area contributed by atoms with Crippen molar-refractivity contribution in [1.29, 1.82) is 0 Å². The molecule has 0 fully saturated rings.